The monoisotopic (exact) mass is 1800 g/mol. The third kappa shape index (κ3) is 31.6. The van der Waals surface area contributed by atoms with Crippen molar-refractivity contribution in [1.29, 1.82) is 0 Å². The van der Waals surface area contributed by atoms with E-state index in [2.05, 4.69) is 79.4 Å². The molecule has 0 fully saturated rings. The average Bonchev–Trinajstić information content (AvgIpc) is 0.826. The molecule has 131 heavy (non-hydrogen) atoms. The molecule has 6 aliphatic heterocycles. The number of aliphatic hydroxyl groups is 2. The zero-order chi connectivity index (χ0) is 92.7. The number of hydrogen-bond donors (Lipinski definition) is 2. The number of esters is 5. The van der Waals surface area contributed by atoms with E-state index < -0.39 is 6.29 Å². The van der Waals surface area contributed by atoms with Crippen molar-refractivity contribution in [3.8, 4) is 34.5 Å². The minimum Gasteiger partial charge on any atom is -0.467 e. The molecule has 26 nitrogen and oxygen atoms in total. The molecule has 6 aliphatic rings. The van der Waals surface area contributed by atoms with Crippen LogP contribution in [0.1, 0.15) is 197 Å². The lowest BCUT2D eigenvalue weighted by atomic mass is 9.94. The second-order valence-corrected chi connectivity index (χ2v) is 31.5. The first kappa shape index (κ1) is 101. The molecule has 6 heterocycles. The summed E-state index contributed by atoms with van der Waals surface area (Å²) in [5.41, 5.74) is 13.0. The smallest absolute Gasteiger partial charge is 0.338 e. The number of aldehydes is 1. The molecule has 0 radical (unpaired) electrons. The van der Waals surface area contributed by atoms with Gasteiger partial charge in [0.2, 0.25) is 0 Å². The van der Waals surface area contributed by atoms with Gasteiger partial charge in [-0.1, -0.05) is 158 Å². The SMILES string of the molecule is C=CC[C@H]1Cc2c(OCOC)cccc2C(=O)O1.COCOc1cccc2c1C[C@H](CCC=Cc1ccccc1)OC2=O.COCOc1cccc2c1C[C@H](CCC=O)OC2=O.COCOc1cccc2c1C[C@H](CCCCc1ccccc1)OC2=O.COCOc1cccc2c1C[C@H](CCCCc1ccccc1)OC2O.COCOc1cccc2c1C[C@H](CCCO)OC2=O. The summed E-state index contributed by atoms with van der Waals surface area (Å²) in [4.78, 5) is 70.6. The summed E-state index contributed by atoms with van der Waals surface area (Å²) >= 11 is 0. The lowest BCUT2D eigenvalue weighted by Crippen LogP contribution is -2.28. The van der Waals surface area contributed by atoms with Gasteiger partial charge in [-0.3, -0.25) is 0 Å². The Balaban J connectivity index is 0.000000164. The minimum atomic E-state index is -0.881. The molecular weight excluding hydrogens is 1680 g/mol. The quantitative estimate of drug-likeness (QED) is 0.00900. The number of rotatable bonds is 40. The number of aliphatic hydroxyl groups excluding tert-OH is 2. The fraction of sp³-hybridized carbons (Fsp3) is 0.390. The van der Waals surface area contributed by atoms with Gasteiger partial charge in [-0.05, 0) is 160 Å². The molecule has 15 rings (SSSR count). The molecule has 0 saturated heterocycles. The van der Waals surface area contributed by atoms with E-state index in [4.69, 9.17) is 90.4 Å². The number of allylic oxidation sites excluding steroid dienone is 1. The number of methoxy groups -OCH3 is 6. The summed E-state index contributed by atoms with van der Waals surface area (Å²) in [5.74, 6) is 2.63. The summed E-state index contributed by atoms with van der Waals surface area (Å²) < 4.78 is 95.7. The van der Waals surface area contributed by atoms with E-state index in [0.29, 0.717) is 121 Å². The molecule has 0 aromatic heterocycles. The average molecular weight is 1800 g/mol. The zero-order valence-electron chi connectivity index (χ0n) is 75.6. The van der Waals surface area contributed by atoms with Crippen molar-refractivity contribution < 1.29 is 124 Å². The Kier molecular flexibility index (Phi) is 43.1. The molecule has 1 unspecified atom stereocenters. The molecule has 7 atom stereocenters. The zero-order valence-corrected chi connectivity index (χ0v) is 75.6. The van der Waals surface area contributed by atoms with Crippen molar-refractivity contribution in [3.05, 3.63) is 302 Å². The van der Waals surface area contributed by atoms with E-state index in [-0.39, 0.29) is 114 Å². The standard InChI is InChI=1S/C21H26O4.C21H24O4.C21H22O4.C14H18O5.C14H16O5.C14H16O4/c3*1-23-15-24-20-13-7-12-18-19(20)14-17(25-21(18)22)11-6-5-10-16-8-3-2-4-9-16;2*1-17-9-18-13-6-2-5-11-12(13)8-10(4-3-7-15)19-14(11)16;1-3-5-10-8-12-11(14(15)18-10)6-4-7-13(12)17-9-16-2/h2-4,7-9,12-13,17,21-22H,5-6,10-11,14-15H2,1H3;2-4,7-9,12-13,17H,5-6,10-11,14-15H2,1H3;2-5,7-10,12-13,17H,6,11,14-15H2,1H3;2,5-6,10,15H,3-4,7-9H2,1H3;2,5-7,10H,3-4,8-9H2,1H3;3-4,6-7,10H,1,5,8-9H2,2H3/t17-,21?;2*17-;3*10-/m000000/s1. The maximum absolute atomic E-state index is 12.3. The second kappa shape index (κ2) is 55.8. The number of hydrogen-bond acceptors (Lipinski definition) is 26. The lowest BCUT2D eigenvalue weighted by Gasteiger charge is -2.30. The van der Waals surface area contributed by atoms with Gasteiger partial charge >= 0.3 is 29.8 Å². The number of unbranched alkanes of at least 4 members (excludes halogenated alkanes) is 2. The van der Waals surface area contributed by atoms with E-state index in [1.54, 1.807) is 102 Å². The molecule has 0 aliphatic carbocycles. The fourth-order valence-electron chi connectivity index (χ4n) is 15.8. The Morgan fingerprint density at radius 3 is 1.00 bits per heavy atom. The van der Waals surface area contributed by atoms with Crippen molar-refractivity contribution in [2.24, 2.45) is 0 Å². The maximum Gasteiger partial charge on any atom is 0.338 e. The molecule has 9 aromatic carbocycles. The second-order valence-electron chi connectivity index (χ2n) is 31.5. The summed E-state index contributed by atoms with van der Waals surface area (Å²) in [6, 6.07) is 63.7. The summed E-state index contributed by atoms with van der Waals surface area (Å²) in [5, 5.41) is 19.2. The van der Waals surface area contributed by atoms with Crippen molar-refractivity contribution in [3.63, 3.8) is 0 Å². The van der Waals surface area contributed by atoms with Gasteiger partial charge in [-0.25, -0.2) is 24.0 Å². The summed E-state index contributed by atoms with van der Waals surface area (Å²) in [7, 11) is 9.40. The Bertz CT molecular complexity index is 5060. The third-order valence-electron chi connectivity index (χ3n) is 22.1. The van der Waals surface area contributed by atoms with Crippen LogP contribution in [0.2, 0.25) is 0 Å². The van der Waals surface area contributed by atoms with E-state index in [1.165, 1.54) is 23.8 Å². The molecule has 0 bridgehead atoms. The first-order valence-corrected chi connectivity index (χ1v) is 44.4. The van der Waals surface area contributed by atoms with E-state index >= 15 is 0 Å². The van der Waals surface area contributed by atoms with Crippen LogP contribution in [0.15, 0.2) is 219 Å². The largest absolute Gasteiger partial charge is 0.467 e. The van der Waals surface area contributed by atoms with Gasteiger partial charge in [0.1, 0.15) is 71.3 Å². The highest BCUT2D eigenvalue weighted by molar-refractivity contribution is 5.95. The van der Waals surface area contributed by atoms with E-state index in [9.17, 15) is 33.9 Å². The molecule has 2 N–H and O–H groups in total. The van der Waals surface area contributed by atoms with Crippen molar-refractivity contribution >= 4 is 42.2 Å². The van der Waals surface area contributed by atoms with Crippen LogP contribution in [-0.4, -0.2) is 173 Å². The molecule has 26 heteroatoms. The number of fused-ring (bicyclic) bond motifs is 6. The highest BCUT2D eigenvalue weighted by atomic mass is 16.7. The molecule has 0 spiro atoms. The van der Waals surface area contributed by atoms with Gasteiger partial charge in [0, 0.05) is 140 Å². The maximum atomic E-state index is 12.3. The van der Waals surface area contributed by atoms with Crippen LogP contribution in [0.4, 0.5) is 0 Å². The molecule has 698 valence electrons. The summed E-state index contributed by atoms with van der Waals surface area (Å²) in [6.07, 6.45) is 21.8. The van der Waals surface area contributed by atoms with Gasteiger partial charge in [-0.2, -0.15) is 0 Å². The Labute approximate surface area is 767 Å². The number of carbonyl (C=O) groups is 6. The van der Waals surface area contributed by atoms with Crippen LogP contribution in [-0.2, 0) is 113 Å². The fourth-order valence-corrected chi connectivity index (χ4v) is 15.8. The molecular formula is C105H122O26. The third-order valence-corrected chi connectivity index (χ3v) is 22.1. The van der Waals surface area contributed by atoms with E-state index in [0.717, 1.165) is 122 Å². The van der Waals surface area contributed by atoms with Gasteiger partial charge in [0.25, 0.3) is 0 Å². The number of aryl methyl sites for hydroxylation is 2. The van der Waals surface area contributed by atoms with Crippen molar-refractivity contribution in [2.75, 3.05) is 90.0 Å². The topological polar surface area (TPSA) is 309 Å². The highest BCUT2D eigenvalue weighted by Crippen LogP contribution is 2.39. The van der Waals surface area contributed by atoms with E-state index in [1.807, 2.05) is 78.9 Å². The normalized spacial score (nSPS) is 17.5. The van der Waals surface area contributed by atoms with Crippen LogP contribution >= 0.6 is 0 Å². The van der Waals surface area contributed by atoms with Gasteiger partial charge in [0.15, 0.2) is 47.0 Å². The number of ether oxygens (including phenoxy) is 18. The molecule has 0 amide bonds. The molecule has 0 saturated carbocycles. The summed E-state index contributed by atoms with van der Waals surface area (Å²) in [6.45, 7) is 4.74. The predicted molar refractivity (Wildman–Crippen MR) is 491 cm³/mol. The molecule has 9 aromatic rings. The van der Waals surface area contributed by atoms with Crippen LogP contribution in [0.3, 0.4) is 0 Å². The van der Waals surface area contributed by atoms with Crippen molar-refractivity contribution in [2.45, 2.75) is 178 Å². The van der Waals surface area contributed by atoms with Gasteiger partial charge < -0.3 is 100 Å². The first-order chi connectivity index (χ1) is 64.1. The van der Waals surface area contributed by atoms with Crippen LogP contribution in [0, 0.1) is 0 Å². The number of cyclic esters (lactones) is 5. The Hall–Kier alpha value is -12.1. The van der Waals surface area contributed by atoms with Gasteiger partial charge in [0.05, 0.1) is 33.9 Å². The predicted octanol–water partition coefficient (Wildman–Crippen LogP) is 18.0. The lowest BCUT2D eigenvalue weighted by molar-refractivity contribution is -0.151. The van der Waals surface area contributed by atoms with Gasteiger partial charge in [-0.15, -0.1) is 6.58 Å². The number of benzene rings is 9. The minimum absolute atomic E-state index is 0.0190. The van der Waals surface area contributed by atoms with Crippen LogP contribution < -0.4 is 28.4 Å². The Morgan fingerprint density at radius 2 is 0.649 bits per heavy atom. The number of carbonyl (C=O) groups excluding carboxylic acids is 6. The van der Waals surface area contributed by atoms with Crippen molar-refractivity contribution in [1.82, 2.24) is 0 Å². The van der Waals surface area contributed by atoms with Crippen LogP contribution in [0.25, 0.3) is 6.08 Å². The first-order valence-electron chi connectivity index (χ1n) is 44.4. The van der Waals surface area contributed by atoms with Crippen LogP contribution in [0.5, 0.6) is 34.5 Å². The highest BCUT2D eigenvalue weighted by Gasteiger charge is 2.35. The Morgan fingerprint density at radius 1 is 0.344 bits per heavy atom.